The van der Waals surface area contributed by atoms with Crippen LogP contribution in [0, 0.1) is 17.8 Å². The van der Waals surface area contributed by atoms with E-state index in [1.807, 2.05) is 23.0 Å². The molecule has 0 spiro atoms. The van der Waals surface area contributed by atoms with Crippen molar-refractivity contribution in [3.05, 3.63) is 16.6 Å². The first kappa shape index (κ1) is 14.0. The largest absolute Gasteiger partial charge is 0.314 e. The Hall–Kier alpha value is -0.410. The van der Waals surface area contributed by atoms with E-state index in [9.17, 15) is 0 Å². The summed E-state index contributed by atoms with van der Waals surface area (Å²) in [4.78, 5) is 5.66. The van der Waals surface area contributed by atoms with Crippen LogP contribution in [0.5, 0.6) is 0 Å². The van der Waals surface area contributed by atoms with Gasteiger partial charge in [-0.25, -0.2) is 0 Å². The minimum atomic E-state index is 0.715. The normalized spacial score (nSPS) is 28.8. The molecule has 0 aliphatic heterocycles. The van der Waals surface area contributed by atoms with Crippen molar-refractivity contribution < 1.29 is 0 Å². The zero-order valence-corrected chi connectivity index (χ0v) is 12.7. The SMILES string of the molecule is CCNC1CCC(C(C)C)CC1Cc1cncs1. The topological polar surface area (TPSA) is 24.9 Å². The molecule has 1 saturated carbocycles. The highest BCUT2D eigenvalue weighted by Gasteiger charge is 2.31. The zero-order chi connectivity index (χ0) is 13.0. The molecule has 3 atom stereocenters. The summed E-state index contributed by atoms with van der Waals surface area (Å²) in [5.74, 6) is 2.54. The first-order chi connectivity index (χ1) is 8.70. The van der Waals surface area contributed by atoms with Crippen LogP contribution in [0.2, 0.25) is 0 Å². The number of hydrogen-bond donors (Lipinski definition) is 1. The number of nitrogens with zero attached hydrogens (tertiary/aromatic N) is 1. The van der Waals surface area contributed by atoms with Gasteiger partial charge < -0.3 is 5.32 Å². The fourth-order valence-corrected chi connectivity index (χ4v) is 3.95. The van der Waals surface area contributed by atoms with Crippen LogP contribution < -0.4 is 5.32 Å². The van der Waals surface area contributed by atoms with Gasteiger partial charge >= 0.3 is 0 Å². The molecule has 3 heteroatoms. The second-order valence-corrected chi connectivity index (χ2v) is 6.88. The van der Waals surface area contributed by atoms with Crippen molar-refractivity contribution in [2.45, 2.75) is 52.5 Å². The summed E-state index contributed by atoms with van der Waals surface area (Å²) >= 11 is 1.81. The standard InChI is InChI=1S/C15H26N2S/c1-4-17-15-6-5-12(11(2)3)7-13(15)8-14-9-16-10-18-14/h9-13,15,17H,4-8H2,1-3H3. The van der Waals surface area contributed by atoms with E-state index >= 15 is 0 Å². The van der Waals surface area contributed by atoms with E-state index < -0.39 is 0 Å². The Morgan fingerprint density at radius 1 is 1.44 bits per heavy atom. The Morgan fingerprint density at radius 2 is 2.28 bits per heavy atom. The predicted molar refractivity (Wildman–Crippen MR) is 79.0 cm³/mol. The molecule has 1 heterocycles. The molecule has 3 unspecified atom stereocenters. The van der Waals surface area contributed by atoms with Crippen molar-refractivity contribution in [3.63, 3.8) is 0 Å². The van der Waals surface area contributed by atoms with Gasteiger partial charge in [-0.05, 0) is 50.0 Å². The number of aromatic nitrogens is 1. The smallest absolute Gasteiger partial charge is 0.0794 e. The molecule has 0 saturated heterocycles. The fourth-order valence-electron chi connectivity index (χ4n) is 3.26. The predicted octanol–water partition coefficient (Wildman–Crippen LogP) is 3.74. The molecule has 18 heavy (non-hydrogen) atoms. The molecule has 0 aromatic carbocycles. The minimum absolute atomic E-state index is 0.715. The second-order valence-electron chi connectivity index (χ2n) is 5.91. The molecule has 2 nitrogen and oxygen atoms in total. The fraction of sp³-hybridized carbons (Fsp3) is 0.800. The van der Waals surface area contributed by atoms with Gasteiger partial charge in [-0.1, -0.05) is 20.8 Å². The number of nitrogens with one attached hydrogen (secondary N) is 1. The Bertz CT molecular complexity index is 334. The summed E-state index contributed by atoms with van der Waals surface area (Å²) in [6.07, 6.45) is 7.39. The first-order valence-corrected chi connectivity index (χ1v) is 8.19. The van der Waals surface area contributed by atoms with Gasteiger partial charge in [0, 0.05) is 17.1 Å². The summed E-state index contributed by atoms with van der Waals surface area (Å²) in [5, 5.41) is 3.69. The van der Waals surface area contributed by atoms with E-state index in [2.05, 4.69) is 31.1 Å². The van der Waals surface area contributed by atoms with Gasteiger partial charge in [-0.3, -0.25) is 4.98 Å². The van der Waals surface area contributed by atoms with E-state index in [0.717, 1.165) is 24.3 Å². The van der Waals surface area contributed by atoms with Crippen LogP contribution in [0.15, 0.2) is 11.7 Å². The second kappa shape index (κ2) is 6.67. The quantitative estimate of drug-likeness (QED) is 0.878. The van der Waals surface area contributed by atoms with Gasteiger partial charge in [0.25, 0.3) is 0 Å². The van der Waals surface area contributed by atoms with Crippen LogP contribution in [-0.2, 0) is 6.42 Å². The van der Waals surface area contributed by atoms with Crippen LogP contribution >= 0.6 is 11.3 Å². The van der Waals surface area contributed by atoms with Gasteiger partial charge in [0.15, 0.2) is 0 Å². The summed E-state index contributed by atoms with van der Waals surface area (Å²) in [6, 6.07) is 0.715. The molecule has 102 valence electrons. The summed E-state index contributed by atoms with van der Waals surface area (Å²) in [5.41, 5.74) is 1.96. The number of hydrogen-bond acceptors (Lipinski definition) is 3. The molecule has 0 amide bonds. The highest BCUT2D eigenvalue weighted by Crippen LogP contribution is 2.36. The summed E-state index contributed by atoms with van der Waals surface area (Å²) in [7, 11) is 0. The zero-order valence-electron chi connectivity index (χ0n) is 11.9. The lowest BCUT2D eigenvalue weighted by atomic mass is 9.72. The van der Waals surface area contributed by atoms with Crippen molar-refractivity contribution in [3.8, 4) is 0 Å². The molecule has 1 aromatic rings. The number of rotatable bonds is 5. The third-order valence-corrected chi connectivity index (χ3v) is 5.18. The molecular weight excluding hydrogens is 240 g/mol. The minimum Gasteiger partial charge on any atom is -0.314 e. The summed E-state index contributed by atoms with van der Waals surface area (Å²) in [6.45, 7) is 8.07. The lowest BCUT2D eigenvalue weighted by Gasteiger charge is -2.38. The average Bonchev–Trinajstić information content (AvgIpc) is 2.84. The van der Waals surface area contributed by atoms with Crippen molar-refractivity contribution in [2.75, 3.05) is 6.54 Å². The van der Waals surface area contributed by atoms with Crippen LogP contribution in [0.3, 0.4) is 0 Å². The van der Waals surface area contributed by atoms with E-state index in [1.165, 1.54) is 30.6 Å². The maximum atomic E-state index is 4.21. The van der Waals surface area contributed by atoms with Gasteiger partial charge in [0.1, 0.15) is 0 Å². The third kappa shape index (κ3) is 3.55. The van der Waals surface area contributed by atoms with Gasteiger partial charge in [0.05, 0.1) is 5.51 Å². The molecule has 2 rings (SSSR count). The third-order valence-electron chi connectivity index (χ3n) is 4.38. The Balaban J connectivity index is 2.00. The van der Waals surface area contributed by atoms with Gasteiger partial charge in [0.2, 0.25) is 0 Å². The van der Waals surface area contributed by atoms with Crippen LogP contribution in [0.4, 0.5) is 0 Å². The van der Waals surface area contributed by atoms with E-state index in [1.54, 1.807) is 0 Å². The van der Waals surface area contributed by atoms with Crippen LogP contribution in [0.1, 0.15) is 44.9 Å². The van der Waals surface area contributed by atoms with E-state index in [-0.39, 0.29) is 0 Å². The van der Waals surface area contributed by atoms with Gasteiger partial charge in [-0.15, -0.1) is 11.3 Å². The lowest BCUT2D eigenvalue weighted by Crippen LogP contribution is -2.42. The Morgan fingerprint density at radius 3 is 2.89 bits per heavy atom. The number of thiazole rings is 1. The maximum absolute atomic E-state index is 4.21. The molecule has 1 aromatic heterocycles. The average molecular weight is 266 g/mol. The van der Waals surface area contributed by atoms with Crippen LogP contribution in [0.25, 0.3) is 0 Å². The Kier molecular flexibility index (Phi) is 5.19. The molecule has 0 radical (unpaired) electrons. The van der Waals surface area contributed by atoms with Crippen molar-refractivity contribution >= 4 is 11.3 Å². The highest BCUT2D eigenvalue weighted by molar-refractivity contribution is 7.09. The molecular formula is C15H26N2S. The van der Waals surface area contributed by atoms with Gasteiger partial charge in [-0.2, -0.15) is 0 Å². The van der Waals surface area contributed by atoms with Crippen molar-refractivity contribution in [2.24, 2.45) is 17.8 Å². The monoisotopic (exact) mass is 266 g/mol. The van der Waals surface area contributed by atoms with Crippen molar-refractivity contribution in [1.29, 1.82) is 0 Å². The molecule has 1 fully saturated rings. The highest BCUT2D eigenvalue weighted by atomic mass is 32.1. The van der Waals surface area contributed by atoms with E-state index in [4.69, 9.17) is 0 Å². The molecule has 1 N–H and O–H groups in total. The molecule has 0 bridgehead atoms. The molecule has 1 aliphatic rings. The van der Waals surface area contributed by atoms with Crippen molar-refractivity contribution in [1.82, 2.24) is 10.3 Å². The first-order valence-electron chi connectivity index (χ1n) is 7.31. The Labute approximate surface area is 115 Å². The lowest BCUT2D eigenvalue weighted by molar-refractivity contribution is 0.169. The van der Waals surface area contributed by atoms with Crippen LogP contribution in [-0.4, -0.2) is 17.6 Å². The maximum Gasteiger partial charge on any atom is 0.0794 e. The summed E-state index contributed by atoms with van der Waals surface area (Å²) < 4.78 is 0. The molecule has 1 aliphatic carbocycles. The van der Waals surface area contributed by atoms with E-state index in [0.29, 0.717) is 6.04 Å².